The van der Waals surface area contributed by atoms with Crippen LogP contribution in [0.1, 0.15) is 34.3 Å². The molecule has 5 heteroatoms. The van der Waals surface area contributed by atoms with E-state index in [-0.39, 0.29) is 5.97 Å². The van der Waals surface area contributed by atoms with E-state index in [9.17, 15) is 4.79 Å². The Bertz CT molecular complexity index is 1030. The molecule has 5 nitrogen and oxygen atoms in total. The van der Waals surface area contributed by atoms with Crippen LogP contribution in [0.15, 0.2) is 60.8 Å². The predicted octanol–water partition coefficient (Wildman–Crippen LogP) is 5.21. The van der Waals surface area contributed by atoms with Gasteiger partial charge >= 0.3 is 5.97 Å². The molecule has 0 atom stereocenters. The number of aromatic nitrogens is 1. The number of methoxy groups -OCH3 is 1. The third-order valence-electron chi connectivity index (χ3n) is 5.12. The van der Waals surface area contributed by atoms with Gasteiger partial charge in [-0.2, -0.15) is 0 Å². The molecule has 1 aromatic heterocycles. The number of hydrogen-bond acceptors (Lipinski definition) is 5. The van der Waals surface area contributed by atoms with Crippen LogP contribution in [0.4, 0.5) is 0 Å². The van der Waals surface area contributed by atoms with Gasteiger partial charge in [-0.05, 0) is 67.1 Å². The van der Waals surface area contributed by atoms with Crippen LogP contribution in [-0.2, 0) is 11.3 Å². The van der Waals surface area contributed by atoms with E-state index < -0.39 is 0 Å². The van der Waals surface area contributed by atoms with E-state index in [4.69, 9.17) is 14.2 Å². The van der Waals surface area contributed by atoms with E-state index >= 15 is 0 Å². The maximum atomic E-state index is 11.5. The molecule has 30 heavy (non-hydrogen) atoms. The Morgan fingerprint density at radius 2 is 1.83 bits per heavy atom. The molecule has 1 fully saturated rings. The first-order chi connectivity index (χ1) is 14.6. The van der Waals surface area contributed by atoms with Crippen molar-refractivity contribution >= 4 is 5.97 Å². The van der Waals surface area contributed by atoms with Crippen LogP contribution in [0.25, 0.3) is 11.3 Å². The van der Waals surface area contributed by atoms with Crippen LogP contribution >= 0.6 is 0 Å². The summed E-state index contributed by atoms with van der Waals surface area (Å²) in [5.74, 6) is 1.96. The van der Waals surface area contributed by atoms with Crippen molar-refractivity contribution in [3.05, 3.63) is 77.5 Å². The molecule has 0 bridgehead atoms. The highest BCUT2D eigenvalue weighted by molar-refractivity contribution is 5.89. The highest BCUT2D eigenvalue weighted by atomic mass is 16.5. The van der Waals surface area contributed by atoms with Gasteiger partial charge in [0.15, 0.2) is 0 Å². The van der Waals surface area contributed by atoms with Gasteiger partial charge in [-0.3, -0.25) is 4.98 Å². The molecule has 4 rings (SSSR count). The zero-order valence-electron chi connectivity index (χ0n) is 17.3. The van der Waals surface area contributed by atoms with E-state index in [1.54, 1.807) is 18.3 Å². The van der Waals surface area contributed by atoms with E-state index in [2.05, 4.69) is 4.98 Å². The number of benzene rings is 2. The molecular formula is C25H25NO4. The monoisotopic (exact) mass is 403 g/mol. The average Bonchev–Trinajstić information content (AvgIpc) is 3.61. The third-order valence-corrected chi connectivity index (χ3v) is 5.12. The second kappa shape index (κ2) is 8.99. The molecule has 0 N–H and O–H groups in total. The molecule has 0 aliphatic heterocycles. The van der Waals surface area contributed by atoms with Gasteiger partial charge in [0.05, 0.1) is 31.2 Å². The van der Waals surface area contributed by atoms with Crippen molar-refractivity contribution in [2.45, 2.75) is 26.4 Å². The van der Waals surface area contributed by atoms with Crippen molar-refractivity contribution in [2.24, 2.45) is 5.92 Å². The zero-order chi connectivity index (χ0) is 20.9. The van der Waals surface area contributed by atoms with Gasteiger partial charge < -0.3 is 14.2 Å². The highest BCUT2D eigenvalue weighted by Gasteiger charge is 2.22. The number of esters is 1. The quantitative estimate of drug-likeness (QED) is 0.483. The molecule has 0 radical (unpaired) electrons. The van der Waals surface area contributed by atoms with Gasteiger partial charge in [0, 0.05) is 5.56 Å². The Morgan fingerprint density at radius 1 is 1.03 bits per heavy atom. The fourth-order valence-electron chi connectivity index (χ4n) is 3.18. The lowest BCUT2D eigenvalue weighted by atomic mass is 10.1. The number of carbonyl (C=O) groups excluding carboxylic acids is 1. The minimum absolute atomic E-state index is 0.345. The van der Waals surface area contributed by atoms with Crippen molar-refractivity contribution in [1.29, 1.82) is 0 Å². The summed E-state index contributed by atoms with van der Waals surface area (Å²) in [6.07, 6.45) is 4.33. The molecule has 2 aromatic carbocycles. The molecule has 3 aromatic rings. The normalized spacial score (nSPS) is 13.0. The molecule has 1 saturated carbocycles. The number of pyridine rings is 1. The standard InChI is InChI=1S/C25H25NO4/c1-17-12-23(30-16-18-6-7-18)14-26-24(17)21-4-3-5-22(13-21)29-15-19-8-10-20(11-9-19)25(27)28-2/h3-5,8-14,18H,6-7,15-16H2,1-2H3. The highest BCUT2D eigenvalue weighted by Crippen LogP contribution is 2.31. The molecule has 0 amide bonds. The Kier molecular flexibility index (Phi) is 5.98. The fourth-order valence-corrected chi connectivity index (χ4v) is 3.18. The molecule has 1 aliphatic carbocycles. The largest absolute Gasteiger partial charge is 0.492 e. The Hall–Kier alpha value is -3.34. The first kappa shape index (κ1) is 20.0. The first-order valence-corrected chi connectivity index (χ1v) is 10.1. The lowest BCUT2D eigenvalue weighted by Gasteiger charge is -2.11. The average molecular weight is 403 g/mol. The summed E-state index contributed by atoms with van der Waals surface area (Å²) in [7, 11) is 1.37. The summed E-state index contributed by atoms with van der Waals surface area (Å²) in [5, 5.41) is 0. The van der Waals surface area contributed by atoms with E-state index in [1.165, 1.54) is 20.0 Å². The predicted molar refractivity (Wildman–Crippen MR) is 115 cm³/mol. The summed E-state index contributed by atoms with van der Waals surface area (Å²) in [5.41, 5.74) is 4.48. The minimum atomic E-state index is -0.345. The molecule has 1 heterocycles. The number of hydrogen-bond donors (Lipinski definition) is 0. The van der Waals surface area contributed by atoms with Crippen LogP contribution in [0.5, 0.6) is 11.5 Å². The number of ether oxygens (including phenoxy) is 3. The molecule has 0 unspecified atom stereocenters. The third kappa shape index (κ3) is 4.98. The van der Waals surface area contributed by atoms with Gasteiger partial charge in [0.25, 0.3) is 0 Å². The lowest BCUT2D eigenvalue weighted by molar-refractivity contribution is 0.0600. The van der Waals surface area contributed by atoms with E-state index in [0.29, 0.717) is 12.2 Å². The summed E-state index contributed by atoms with van der Waals surface area (Å²) >= 11 is 0. The smallest absolute Gasteiger partial charge is 0.337 e. The summed E-state index contributed by atoms with van der Waals surface area (Å²) in [6.45, 7) is 3.23. The molecule has 0 saturated heterocycles. The molecule has 1 aliphatic rings. The second-order valence-corrected chi connectivity index (χ2v) is 7.60. The van der Waals surface area contributed by atoms with E-state index in [1.807, 2.05) is 49.4 Å². The van der Waals surface area contributed by atoms with Crippen LogP contribution in [-0.4, -0.2) is 24.7 Å². The SMILES string of the molecule is COC(=O)c1ccc(COc2cccc(-c3ncc(OCC4CC4)cc3C)c2)cc1. The van der Waals surface area contributed by atoms with E-state index in [0.717, 1.165) is 46.4 Å². The number of aryl methyl sites for hydroxylation is 1. The zero-order valence-corrected chi connectivity index (χ0v) is 17.3. The van der Waals surface area contributed by atoms with Gasteiger partial charge in [0.1, 0.15) is 18.1 Å². The molecule has 0 spiro atoms. The van der Waals surface area contributed by atoms with Crippen molar-refractivity contribution in [3.8, 4) is 22.8 Å². The van der Waals surface area contributed by atoms with Crippen LogP contribution in [0, 0.1) is 12.8 Å². The molecular weight excluding hydrogens is 378 g/mol. The molecule has 154 valence electrons. The van der Waals surface area contributed by atoms with Crippen molar-refractivity contribution in [1.82, 2.24) is 4.98 Å². The van der Waals surface area contributed by atoms with Crippen molar-refractivity contribution in [2.75, 3.05) is 13.7 Å². The Balaban J connectivity index is 1.41. The van der Waals surface area contributed by atoms with Gasteiger partial charge in [0.2, 0.25) is 0 Å². The fraction of sp³-hybridized carbons (Fsp3) is 0.280. The first-order valence-electron chi connectivity index (χ1n) is 10.1. The second-order valence-electron chi connectivity index (χ2n) is 7.60. The maximum Gasteiger partial charge on any atom is 0.337 e. The summed E-state index contributed by atoms with van der Waals surface area (Å²) in [6, 6.07) is 17.1. The van der Waals surface area contributed by atoms with Gasteiger partial charge in [-0.15, -0.1) is 0 Å². The number of carbonyl (C=O) groups is 1. The van der Waals surface area contributed by atoms with Crippen LogP contribution < -0.4 is 9.47 Å². The van der Waals surface area contributed by atoms with Crippen molar-refractivity contribution in [3.63, 3.8) is 0 Å². The minimum Gasteiger partial charge on any atom is -0.492 e. The van der Waals surface area contributed by atoms with Gasteiger partial charge in [-0.1, -0.05) is 24.3 Å². The van der Waals surface area contributed by atoms with Crippen LogP contribution in [0.3, 0.4) is 0 Å². The number of nitrogens with zero attached hydrogens (tertiary/aromatic N) is 1. The number of rotatable bonds is 8. The summed E-state index contributed by atoms with van der Waals surface area (Å²) < 4.78 is 16.5. The van der Waals surface area contributed by atoms with Crippen LogP contribution in [0.2, 0.25) is 0 Å². The topological polar surface area (TPSA) is 57.7 Å². The summed E-state index contributed by atoms with van der Waals surface area (Å²) in [4.78, 5) is 16.1. The van der Waals surface area contributed by atoms with Crippen molar-refractivity contribution < 1.29 is 19.0 Å². The lowest BCUT2D eigenvalue weighted by Crippen LogP contribution is -2.02. The Labute approximate surface area is 176 Å². The Morgan fingerprint density at radius 3 is 2.53 bits per heavy atom. The maximum absolute atomic E-state index is 11.5. The van der Waals surface area contributed by atoms with Gasteiger partial charge in [-0.25, -0.2) is 4.79 Å².